The molecule has 0 aliphatic heterocycles. The van der Waals surface area contributed by atoms with Crippen molar-refractivity contribution in [3.05, 3.63) is 153 Å². The minimum atomic E-state index is -1.43. The monoisotopic (exact) mass is 552 g/mol. The first kappa shape index (κ1) is 32.0. The summed E-state index contributed by atoms with van der Waals surface area (Å²) < 4.78 is 0. The molecule has 0 saturated heterocycles. The molecular weight excluding hydrogens is 516 g/mol. The second-order valence-electron chi connectivity index (χ2n) is 9.11. The van der Waals surface area contributed by atoms with E-state index in [0.29, 0.717) is 0 Å². The summed E-state index contributed by atoms with van der Waals surface area (Å²) in [7, 11) is -1.43. The molecule has 0 aromatic heterocycles. The van der Waals surface area contributed by atoms with Gasteiger partial charge in [0.15, 0.2) is 0 Å². The molecule has 2 aromatic rings. The minimum absolute atomic E-state index is 0. The maximum atomic E-state index is 3.87. The van der Waals surface area contributed by atoms with Gasteiger partial charge in [0.25, 0.3) is 0 Å². The van der Waals surface area contributed by atoms with Crippen LogP contribution in [-0.2, 0) is 26.2 Å². The largest absolute Gasteiger partial charge is 4.00 e. The molecule has 4 rings (SSSR count). The van der Waals surface area contributed by atoms with Crippen molar-refractivity contribution in [2.45, 2.75) is 45.8 Å². The van der Waals surface area contributed by atoms with Crippen LogP contribution in [0, 0.1) is 76.0 Å². The van der Waals surface area contributed by atoms with Crippen molar-refractivity contribution in [1.29, 1.82) is 0 Å². The third-order valence-electron chi connectivity index (χ3n) is 4.82. The Morgan fingerprint density at radius 1 is 0.657 bits per heavy atom. The molecule has 10 radical (unpaired) electrons. The van der Waals surface area contributed by atoms with E-state index in [0.717, 1.165) is 12.0 Å². The third-order valence-corrected chi connectivity index (χ3v) is 5.88. The second kappa shape index (κ2) is 19.2. The van der Waals surface area contributed by atoms with Gasteiger partial charge in [-0.15, -0.1) is 29.8 Å². The fourth-order valence-electron chi connectivity index (χ4n) is 3.29. The topological polar surface area (TPSA) is 0 Å². The first-order chi connectivity index (χ1) is 16.5. The van der Waals surface area contributed by atoms with Crippen LogP contribution >= 0.6 is 0 Å². The Hall–Kier alpha value is -0.980. The number of allylic oxidation sites excluding steroid dienone is 2. The maximum Gasteiger partial charge on any atom is 4.00 e. The van der Waals surface area contributed by atoms with Crippen LogP contribution in [0.5, 0.6) is 0 Å². The summed E-state index contributed by atoms with van der Waals surface area (Å²) in [5.74, 6) is 0. The molecule has 176 valence electrons. The molecule has 0 unspecified atom stereocenters. The summed E-state index contributed by atoms with van der Waals surface area (Å²) in [6.45, 7) is 9.30. The molecule has 0 bridgehead atoms. The summed E-state index contributed by atoms with van der Waals surface area (Å²) in [5, 5.41) is 0. The quantitative estimate of drug-likeness (QED) is 0.139. The number of hydrogen-bond acceptors (Lipinski definition) is 0. The fourth-order valence-corrected chi connectivity index (χ4v) is 4.45. The first-order valence-electron chi connectivity index (χ1n) is 12.2. The number of benzene rings is 2. The van der Waals surface area contributed by atoms with Crippen LogP contribution in [0.25, 0.3) is 5.57 Å². The zero-order chi connectivity index (χ0) is 24.5. The zero-order valence-electron chi connectivity index (χ0n) is 21.7. The smallest absolute Gasteiger partial charge is 0.317 e. The Morgan fingerprint density at radius 3 is 1.49 bits per heavy atom. The third kappa shape index (κ3) is 15.0. The van der Waals surface area contributed by atoms with Crippen molar-refractivity contribution < 1.29 is 26.2 Å². The van der Waals surface area contributed by atoms with Crippen molar-refractivity contribution in [1.82, 2.24) is 0 Å². The average Bonchev–Trinajstić information content (AvgIpc) is 3.60. The molecule has 0 amide bonds. The van der Waals surface area contributed by atoms with E-state index >= 15 is 0 Å². The molecule has 2 saturated carbocycles. The van der Waals surface area contributed by atoms with Crippen molar-refractivity contribution >= 4 is 13.6 Å². The number of hydrogen-bond donors (Lipinski definition) is 0. The number of unbranched alkanes of at least 4 members (excludes halogenated alkanes) is 1. The normalized spacial score (nSPS) is 15.9. The van der Waals surface area contributed by atoms with Crippen LogP contribution in [0.3, 0.4) is 0 Å². The van der Waals surface area contributed by atoms with Crippen molar-refractivity contribution in [3.8, 4) is 0 Å². The van der Waals surface area contributed by atoms with E-state index in [-0.39, 0.29) is 26.2 Å². The Bertz CT molecular complexity index is 797. The van der Waals surface area contributed by atoms with E-state index in [1.54, 1.807) is 0 Å². The molecular formula is C33H38SiZr+2. The van der Waals surface area contributed by atoms with Gasteiger partial charge in [-0.3, -0.25) is 11.1 Å². The van der Waals surface area contributed by atoms with Gasteiger partial charge >= 0.3 is 26.2 Å². The Kier molecular flexibility index (Phi) is 17.6. The van der Waals surface area contributed by atoms with Crippen LogP contribution in [0.4, 0.5) is 0 Å². The SMILES string of the molecule is CCCCC(=[C-][Si](C)(C)C)C(=[C-]c1ccccc1)c1ccccc1.[CH]1[CH][CH][CH][CH]1.[CH]1[CH][CH][CH][CH]1.[Zr+4]. The van der Waals surface area contributed by atoms with Gasteiger partial charge in [0.1, 0.15) is 0 Å². The van der Waals surface area contributed by atoms with Gasteiger partial charge in [-0.2, -0.15) is 5.56 Å². The van der Waals surface area contributed by atoms with Gasteiger partial charge in [0, 0.05) is 0 Å². The predicted octanol–water partition coefficient (Wildman–Crippen LogP) is 8.76. The Labute approximate surface area is 237 Å². The Morgan fingerprint density at radius 2 is 1.09 bits per heavy atom. The van der Waals surface area contributed by atoms with Gasteiger partial charge in [0.05, 0.1) is 0 Å². The maximum absolute atomic E-state index is 3.87. The predicted molar refractivity (Wildman–Crippen MR) is 151 cm³/mol. The Balaban J connectivity index is 0.000000456. The van der Waals surface area contributed by atoms with E-state index < -0.39 is 8.07 Å². The van der Waals surface area contributed by atoms with E-state index in [9.17, 15) is 0 Å². The minimum Gasteiger partial charge on any atom is -0.317 e. The summed E-state index contributed by atoms with van der Waals surface area (Å²) in [6.07, 6.45) is 27.1. The molecule has 0 atom stereocenters. The first-order valence-corrected chi connectivity index (χ1v) is 15.7. The standard InChI is InChI=1S/C23H28Si.2C5H5.Zr/c1-5-6-15-22(19-24(2,3)4)23(21-16-11-8-12-17-21)18-20-13-9-7-10-14-20;2*1-2-4-5-3-1;/h7-14,16-17H,5-6,15H2,1-4H3;2*1-5H;/q-2;;;+4. The summed E-state index contributed by atoms with van der Waals surface area (Å²) in [6, 6.07) is 21.1. The van der Waals surface area contributed by atoms with Crippen LogP contribution in [-0.4, -0.2) is 8.07 Å². The van der Waals surface area contributed by atoms with Gasteiger partial charge < -0.3 is 5.70 Å². The molecule has 2 heteroatoms. The van der Waals surface area contributed by atoms with Crippen LogP contribution in [0.2, 0.25) is 19.6 Å². The number of rotatable bonds is 7. The van der Waals surface area contributed by atoms with Crippen molar-refractivity contribution in [2.75, 3.05) is 0 Å². The fraction of sp³-hybridized carbons (Fsp3) is 0.212. The molecule has 2 aliphatic carbocycles. The van der Waals surface area contributed by atoms with Gasteiger partial charge in [-0.1, -0.05) is 82.2 Å². The van der Waals surface area contributed by atoms with Gasteiger partial charge in [-0.05, 0) is 72.3 Å². The average molecular weight is 554 g/mol. The van der Waals surface area contributed by atoms with E-state index in [4.69, 9.17) is 0 Å². The van der Waals surface area contributed by atoms with Gasteiger partial charge in [-0.25, -0.2) is 6.08 Å². The van der Waals surface area contributed by atoms with Crippen molar-refractivity contribution in [2.24, 2.45) is 0 Å². The summed E-state index contributed by atoms with van der Waals surface area (Å²) in [5.41, 5.74) is 8.77. The van der Waals surface area contributed by atoms with Crippen molar-refractivity contribution in [3.63, 3.8) is 0 Å². The van der Waals surface area contributed by atoms with Crippen LogP contribution < -0.4 is 0 Å². The molecule has 35 heavy (non-hydrogen) atoms. The zero-order valence-corrected chi connectivity index (χ0v) is 25.1. The van der Waals surface area contributed by atoms with E-state index in [2.05, 4.69) is 99.0 Å². The van der Waals surface area contributed by atoms with E-state index in [1.807, 2.05) is 64.2 Å². The molecule has 2 aliphatic rings. The van der Waals surface area contributed by atoms with Gasteiger partial charge in [0.2, 0.25) is 0 Å². The van der Waals surface area contributed by atoms with E-state index in [1.165, 1.54) is 29.6 Å². The molecule has 0 N–H and O–H groups in total. The molecule has 0 nitrogen and oxygen atoms in total. The molecule has 2 aromatic carbocycles. The molecule has 0 spiro atoms. The van der Waals surface area contributed by atoms with Crippen LogP contribution in [0.1, 0.15) is 37.3 Å². The second-order valence-corrected chi connectivity index (χ2v) is 13.9. The molecule has 2 fully saturated rings. The molecule has 0 heterocycles. The van der Waals surface area contributed by atoms with Crippen LogP contribution in [0.15, 0.2) is 66.2 Å². The summed E-state index contributed by atoms with van der Waals surface area (Å²) in [4.78, 5) is 0. The summed E-state index contributed by atoms with van der Waals surface area (Å²) >= 11 is 0.